The Labute approximate surface area is 139 Å². The van der Waals surface area contributed by atoms with Crippen molar-refractivity contribution in [1.29, 1.82) is 0 Å². The average Bonchev–Trinajstić information content (AvgIpc) is 3.03. The lowest BCUT2D eigenvalue weighted by molar-refractivity contribution is 0.0915. The normalized spacial score (nSPS) is 13.1. The lowest BCUT2D eigenvalue weighted by Gasteiger charge is -2.35. The highest BCUT2D eigenvalue weighted by Gasteiger charge is 2.32. The van der Waals surface area contributed by atoms with Gasteiger partial charge in [-0.05, 0) is 24.0 Å². The molecule has 0 radical (unpaired) electrons. The van der Waals surface area contributed by atoms with E-state index >= 15 is 0 Å². The molecule has 3 nitrogen and oxygen atoms in total. The standard InChI is InChI=1S/C20H28N2O/c1-6-17(20(4,5)15-10-8-7-9-11-15)22-19(23)16-12-13-21-18(16)14(2)3/h7-14,17,21H,6H2,1-5H3,(H,22,23). The van der Waals surface area contributed by atoms with E-state index in [1.54, 1.807) is 0 Å². The van der Waals surface area contributed by atoms with Crippen LogP contribution in [0.15, 0.2) is 42.6 Å². The van der Waals surface area contributed by atoms with Crippen molar-refractivity contribution in [3.63, 3.8) is 0 Å². The fourth-order valence-corrected chi connectivity index (χ4v) is 3.16. The monoisotopic (exact) mass is 312 g/mol. The van der Waals surface area contributed by atoms with E-state index in [2.05, 4.69) is 69.2 Å². The molecule has 1 heterocycles. The molecule has 1 aromatic heterocycles. The zero-order valence-electron chi connectivity index (χ0n) is 14.8. The number of benzene rings is 1. The largest absolute Gasteiger partial charge is 0.364 e. The first kappa shape index (κ1) is 17.3. The van der Waals surface area contributed by atoms with Gasteiger partial charge in [0, 0.05) is 23.3 Å². The van der Waals surface area contributed by atoms with Gasteiger partial charge in [0.15, 0.2) is 0 Å². The molecule has 1 unspecified atom stereocenters. The average molecular weight is 312 g/mol. The first-order valence-electron chi connectivity index (χ1n) is 8.41. The molecule has 0 fully saturated rings. The van der Waals surface area contributed by atoms with E-state index in [9.17, 15) is 4.79 Å². The number of nitrogens with one attached hydrogen (secondary N) is 2. The SMILES string of the molecule is CCC(NC(=O)c1cc[nH]c1C(C)C)C(C)(C)c1ccccc1. The number of carbonyl (C=O) groups excluding carboxylic acids is 1. The second-order valence-corrected chi connectivity index (χ2v) is 6.98. The van der Waals surface area contributed by atoms with Crippen molar-refractivity contribution in [2.24, 2.45) is 0 Å². The van der Waals surface area contributed by atoms with E-state index in [4.69, 9.17) is 0 Å². The summed E-state index contributed by atoms with van der Waals surface area (Å²) >= 11 is 0. The minimum atomic E-state index is -0.125. The van der Waals surface area contributed by atoms with Crippen LogP contribution in [0.5, 0.6) is 0 Å². The Bertz CT molecular complexity index is 641. The van der Waals surface area contributed by atoms with Gasteiger partial charge in [0.05, 0.1) is 5.56 Å². The molecule has 0 aliphatic carbocycles. The number of amides is 1. The minimum Gasteiger partial charge on any atom is -0.364 e. The Morgan fingerprint density at radius 1 is 1.17 bits per heavy atom. The van der Waals surface area contributed by atoms with E-state index in [1.807, 2.05) is 18.3 Å². The fraction of sp³-hybridized carbons (Fsp3) is 0.450. The summed E-state index contributed by atoms with van der Waals surface area (Å²) in [5, 5.41) is 3.24. The van der Waals surface area contributed by atoms with Crippen LogP contribution in [0.25, 0.3) is 0 Å². The molecule has 23 heavy (non-hydrogen) atoms. The molecule has 1 amide bonds. The Morgan fingerprint density at radius 2 is 1.83 bits per heavy atom. The van der Waals surface area contributed by atoms with Gasteiger partial charge in [-0.1, -0.05) is 65.0 Å². The Hall–Kier alpha value is -2.03. The Morgan fingerprint density at radius 3 is 2.39 bits per heavy atom. The molecular weight excluding hydrogens is 284 g/mol. The van der Waals surface area contributed by atoms with Crippen molar-refractivity contribution in [3.05, 3.63) is 59.4 Å². The van der Waals surface area contributed by atoms with Gasteiger partial charge in [-0.3, -0.25) is 4.79 Å². The van der Waals surface area contributed by atoms with Crippen LogP contribution < -0.4 is 5.32 Å². The van der Waals surface area contributed by atoms with E-state index < -0.39 is 0 Å². The van der Waals surface area contributed by atoms with Crippen LogP contribution in [0.2, 0.25) is 0 Å². The minimum absolute atomic E-state index is 0.00538. The van der Waals surface area contributed by atoms with Crippen molar-refractivity contribution in [2.45, 2.75) is 58.4 Å². The molecule has 0 saturated heterocycles. The van der Waals surface area contributed by atoms with Gasteiger partial charge >= 0.3 is 0 Å². The van der Waals surface area contributed by atoms with Crippen LogP contribution in [-0.4, -0.2) is 16.9 Å². The summed E-state index contributed by atoms with van der Waals surface area (Å²) in [4.78, 5) is 15.9. The summed E-state index contributed by atoms with van der Waals surface area (Å²) in [5.41, 5.74) is 2.86. The molecule has 124 valence electrons. The quantitative estimate of drug-likeness (QED) is 0.803. The van der Waals surface area contributed by atoms with E-state index in [-0.39, 0.29) is 17.4 Å². The van der Waals surface area contributed by atoms with Crippen LogP contribution in [0.4, 0.5) is 0 Å². The van der Waals surface area contributed by atoms with Gasteiger partial charge in [-0.25, -0.2) is 0 Å². The van der Waals surface area contributed by atoms with E-state index in [1.165, 1.54) is 5.56 Å². The molecule has 3 heteroatoms. The molecule has 1 aromatic carbocycles. The van der Waals surface area contributed by atoms with Crippen LogP contribution in [0, 0.1) is 0 Å². The molecule has 0 aliphatic rings. The maximum Gasteiger partial charge on any atom is 0.253 e. The number of hydrogen-bond donors (Lipinski definition) is 2. The Kier molecular flexibility index (Phi) is 5.30. The first-order valence-corrected chi connectivity index (χ1v) is 8.41. The number of aromatic nitrogens is 1. The Balaban J connectivity index is 2.22. The summed E-state index contributed by atoms with van der Waals surface area (Å²) in [7, 11) is 0. The van der Waals surface area contributed by atoms with Crippen LogP contribution >= 0.6 is 0 Å². The van der Waals surface area contributed by atoms with Gasteiger partial charge in [-0.15, -0.1) is 0 Å². The predicted molar refractivity (Wildman–Crippen MR) is 95.9 cm³/mol. The van der Waals surface area contributed by atoms with Gasteiger partial charge in [0.2, 0.25) is 0 Å². The van der Waals surface area contributed by atoms with E-state index in [0.717, 1.165) is 17.7 Å². The number of carbonyl (C=O) groups is 1. The second-order valence-electron chi connectivity index (χ2n) is 6.98. The van der Waals surface area contributed by atoms with Gasteiger partial charge in [0.25, 0.3) is 5.91 Å². The highest BCUT2D eigenvalue weighted by Crippen LogP contribution is 2.29. The lowest BCUT2D eigenvalue weighted by atomic mass is 9.76. The second kappa shape index (κ2) is 7.03. The number of aromatic amines is 1. The van der Waals surface area contributed by atoms with Crippen molar-refractivity contribution >= 4 is 5.91 Å². The molecule has 2 N–H and O–H groups in total. The smallest absolute Gasteiger partial charge is 0.253 e. The third kappa shape index (κ3) is 3.66. The number of H-pyrrole nitrogens is 1. The zero-order chi connectivity index (χ0) is 17.0. The first-order chi connectivity index (χ1) is 10.9. The number of rotatable bonds is 6. The molecular formula is C20H28N2O. The van der Waals surface area contributed by atoms with Crippen LogP contribution in [0.3, 0.4) is 0 Å². The van der Waals surface area contributed by atoms with Crippen LogP contribution in [0.1, 0.15) is 68.6 Å². The van der Waals surface area contributed by atoms with Gasteiger partial charge in [0.1, 0.15) is 0 Å². The fourth-order valence-electron chi connectivity index (χ4n) is 3.16. The summed E-state index contributed by atoms with van der Waals surface area (Å²) in [6.45, 7) is 10.7. The van der Waals surface area contributed by atoms with E-state index in [0.29, 0.717) is 5.92 Å². The molecule has 2 rings (SSSR count). The third-order valence-corrected chi connectivity index (χ3v) is 4.70. The molecule has 1 atom stereocenters. The zero-order valence-corrected chi connectivity index (χ0v) is 14.8. The topological polar surface area (TPSA) is 44.9 Å². The van der Waals surface area contributed by atoms with Crippen LogP contribution in [-0.2, 0) is 5.41 Å². The highest BCUT2D eigenvalue weighted by molar-refractivity contribution is 5.95. The molecule has 0 saturated carbocycles. The summed E-state index contributed by atoms with van der Waals surface area (Å²) < 4.78 is 0. The molecule has 0 spiro atoms. The van der Waals surface area contributed by atoms with Crippen molar-refractivity contribution in [3.8, 4) is 0 Å². The number of hydrogen-bond acceptors (Lipinski definition) is 1. The van der Waals surface area contributed by atoms with Gasteiger partial charge in [-0.2, -0.15) is 0 Å². The van der Waals surface area contributed by atoms with Gasteiger partial charge < -0.3 is 10.3 Å². The maximum absolute atomic E-state index is 12.7. The van der Waals surface area contributed by atoms with Crippen molar-refractivity contribution < 1.29 is 4.79 Å². The highest BCUT2D eigenvalue weighted by atomic mass is 16.1. The summed E-state index contributed by atoms with van der Waals surface area (Å²) in [5.74, 6) is 0.304. The summed E-state index contributed by atoms with van der Waals surface area (Å²) in [6.07, 6.45) is 2.72. The van der Waals surface area contributed by atoms with Crippen molar-refractivity contribution in [2.75, 3.05) is 0 Å². The molecule has 2 aromatic rings. The molecule has 0 aliphatic heterocycles. The molecule has 0 bridgehead atoms. The third-order valence-electron chi connectivity index (χ3n) is 4.70. The van der Waals surface area contributed by atoms with Crippen molar-refractivity contribution in [1.82, 2.24) is 10.3 Å². The summed E-state index contributed by atoms with van der Waals surface area (Å²) in [6, 6.07) is 12.3. The predicted octanol–water partition coefficient (Wildman–Crippen LogP) is 4.62. The lowest BCUT2D eigenvalue weighted by Crippen LogP contribution is -2.47. The maximum atomic E-state index is 12.7.